The largest absolute Gasteiger partial charge is 0.370 e. The molecule has 0 unspecified atom stereocenters. The van der Waals surface area contributed by atoms with E-state index in [0.29, 0.717) is 0 Å². The second kappa shape index (κ2) is 5.92. The third kappa shape index (κ3) is 2.91. The van der Waals surface area contributed by atoms with Gasteiger partial charge in [0.05, 0.1) is 10.7 Å². The number of hydrogen-bond donors (Lipinski definition) is 0. The molecule has 0 aliphatic rings. The van der Waals surface area contributed by atoms with Gasteiger partial charge in [0, 0.05) is 13.1 Å². The molecule has 1 aromatic carbocycles. The standard InChI is InChI=1S/C12H18ClN/c1-3-9-14(10-4-2)12-8-6-5-7-11(12)13/h5-8H,3-4,9-10H2,1-2H3. The maximum Gasteiger partial charge on any atom is 0.0639 e. The molecular weight excluding hydrogens is 194 g/mol. The Morgan fingerprint density at radius 1 is 1.07 bits per heavy atom. The summed E-state index contributed by atoms with van der Waals surface area (Å²) in [4.78, 5) is 2.35. The van der Waals surface area contributed by atoms with Crippen LogP contribution in [-0.2, 0) is 0 Å². The molecule has 0 amide bonds. The van der Waals surface area contributed by atoms with Crippen molar-refractivity contribution >= 4 is 17.3 Å². The summed E-state index contributed by atoms with van der Waals surface area (Å²) in [6.45, 7) is 6.55. The van der Waals surface area contributed by atoms with Crippen molar-refractivity contribution in [3.8, 4) is 0 Å². The minimum atomic E-state index is 0.856. The van der Waals surface area contributed by atoms with E-state index in [0.717, 1.165) is 36.6 Å². The summed E-state index contributed by atoms with van der Waals surface area (Å²) < 4.78 is 0. The third-order valence-corrected chi connectivity index (χ3v) is 2.50. The smallest absolute Gasteiger partial charge is 0.0639 e. The Kier molecular flexibility index (Phi) is 4.81. The number of benzene rings is 1. The van der Waals surface area contributed by atoms with Gasteiger partial charge >= 0.3 is 0 Å². The van der Waals surface area contributed by atoms with Crippen LogP contribution in [0.3, 0.4) is 0 Å². The van der Waals surface area contributed by atoms with Gasteiger partial charge in [-0.1, -0.05) is 37.6 Å². The molecule has 0 aliphatic carbocycles. The quantitative estimate of drug-likeness (QED) is 0.713. The van der Waals surface area contributed by atoms with Crippen LogP contribution in [0.25, 0.3) is 0 Å². The van der Waals surface area contributed by atoms with Crippen molar-refractivity contribution in [1.29, 1.82) is 0 Å². The molecule has 0 aromatic heterocycles. The summed E-state index contributed by atoms with van der Waals surface area (Å²) in [5.74, 6) is 0. The van der Waals surface area contributed by atoms with Gasteiger partial charge < -0.3 is 4.90 Å². The van der Waals surface area contributed by atoms with E-state index in [2.05, 4.69) is 24.8 Å². The molecule has 1 nitrogen and oxygen atoms in total. The van der Waals surface area contributed by atoms with Crippen LogP contribution in [0.1, 0.15) is 26.7 Å². The zero-order chi connectivity index (χ0) is 10.4. The molecule has 1 aromatic rings. The van der Waals surface area contributed by atoms with Crippen molar-refractivity contribution in [1.82, 2.24) is 0 Å². The number of anilines is 1. The maximum atomic E-state index is 6.15. The topological polar surface area (TPSA) is 3.24 Å². The van der Waals surface area contributed by atoms with Crippen LogP contribution in [0.5, 0.6) is 0 Å². The van der Waals surface area contributed by atoms with Crippen LogP contribution >= 0.6 is 11.6 Å². The highest BCUT2D eigenvalue weighted by molar-refractivity contribution is 6.33. The van der Waals surface area contributed by atoms with Gasteiger partial charge in [-0.15, -0.1) is 0 Å². The van der Waals surface area contributed by atoms with Crippen molar-refractivity contribution in [2.75, 3.05) is 18.0 Å². The fourth-order valence-electron chi connectivity index (χ4n) is 1.60. The van der Waals surface area contributed by atoms with E-state index >= 15 is 0 Å². The van der Waals surface area contributed by atoms with E-state index in [4.69, 9.17) is 11.6 Å². The van der Waals surface area contributed by atoms with Crippen LogP contribution in [-0.4, -0.2) is 13.1 Å². The van der Waals surface area contributed by atoms with Crippen LogP contribution in [0, 0.1) is 0 Å². The van der Waals surface area contributed by atoms with Gasteiger partial charge in [0.1, 0.15) is 0 Å². The SMILES string of the molecule is CCCN(CCC)c1ccccc1Cl. The minimum absolute atomic E-state index is 0.856. The van der Waals surface area contributed by atoms with E-state index in [1.807, 2.05) is 18.2 Å². The van der Waals surface area contributed by atoms with E-state index < -0.39 is 0 Å². The lowest BCUT2D eigenvalue weighted by Gasteiger charge is -2.24. The lowest BCUT2D eigenvalue weighted by atomic mass is 10.2. The van der Waals surface area contributed by atoms with Gasteiger partial charge in [0.2, 0.25) is 0 Å². The summed E-state index contributed by atoms with van der Waals surface area (Å²) in [6.07, 6.45) is 2.32. The first-order chi connectivity index (χ1) is 6.79. The highest BCUT2D eigenvalue weighted by Crippen LogP contribution is 2.25. The van der Waals surface area contributed by atoms with E-state index in [1.54, 1.807) is 0 Å². The zero-order valence-corrected chi connectivity index (χ0v) is 9.72. The Morgan fingerprint density at radius 3 is 2.14 bits per heavy atom. The Balaban J connectivity index is 2.81. The Morgan fingerprint density at radius 2 is 1.64 bits per heavy atom. The van der Waals surface area contributed by atoms with Gasteiger partial charge in [0.25, 0.3) is 0 Å². The summed E-state index contributed by atoms with van der Waals surface area (Å²) in [7, 11) is 0. The van der Waals surface area contributed by atoms with Gasteiger partial charge in [-0.3, -0.25) is 0 Å². The number of para-hydroxylation sites is 1. The van der Waals surface area contributed by atoms with Crippen molar-refractivity contribution < 1.29 is 0 Å². The Hall–Kier alpha value is -0.690. The molecule has 2 heteroatoms. The molecule has 0 atom stereocenters. The molecule has 0 bridgehead atoms. The molecule has 0 aliphatic heterocycles. The lowest BCUT2D eigenvalue weighted by Crippen LogP contribution is -2.24. The molecule has 0 fully saturated rings. The molecule has 14 heavy (non-hydrogen) atoms. The first kappa shape index (κ1) is 11.4. The predicted octanol–water partition coefficient (Wildman–Crippen LogP) is 3.97. The average Bonchev–Trinajstić information content (AvgIpc) is 2.18. The van der Waals surface area contributed by atoms with Gasteiger partial charge in [-0.25, -0.2) is 0 Å². The molecule has 0 heterocycles. The monoisotopic (exact) mass is 211 g/mol. The van der Waals surface area contributed by atoms with Crippen LogP contribution in [0.4, 0.5) is 5.69 Å². The van der Waals surface area contributed by atoms with Crippen molar-refractivity contribution in [2.24, 2.45) is 0 Å². The predicted molar refractivity (Wildman–Crippen MR) is 64.2 cm³/mol. The van der Waals surface area contributed by atoms with Crippen molar-refractivity contribution in [2.45, 2.75) is 26.7 Å². The summed E-state index contributed by atoms with van der Waals surface area (Å²) in [5, 5.41) is 0.856. The average molecular weight is 212 g/mol. The maximum absolute atomic E-state index is 6.15. The Bertz CT molecular complexity index is 267. The number of nitrogens with zero attached hydrogens (tertiary/aromatic N) is 1. The van der Waals surface area contributed by atoms with E-state index in [9.17, 15) is 0 Å². The van der Waals surface area contributed by atoms with E-state index in [1.165, 1.54) is 0 Å². The molecule has 0 N–H and O–H groups in total. The van der Waals surface area contributed by atoms with Crippen molar-refractivity contribution in [3.63, 3.8) is 0 Å². The molecule has 0 spiro atoms. The normalized spacial score (nSPS) is 10.2. The second-order valence-electron chi connectivity index (χ2n) is 3.44. The first-order valence-electron chi connectivity index (χ1n) is 5.29. The Labute approximate surface area is 91.7 Å². The van der Waals surface area contributed by atoms with Crippen LogP contribution in [0.2, 0.25) is 5.02 Å². The second-order valence-corrected chi connectivity index (χ2v) is 3.85. The van der Waals surface area contributed by atoms with Crippen molar-refractivity contribution in [3.05, 3.63) is 29.3 Å². The number of hydrogen-bond acceptors (Lipinski definition) is 1. The van der Waals surface area contributed by atoms with Gasteiger partial charge in [0.15, 0.2) is 0 Å². The highest BCUT2D eigenvalue weighted by Gasteiger charge is 2.06. The summed E-state index contributed by atoms with van der Waals surface area (Å²) >= 11 is 6.15. The molecular formula is C12H18ClN. The lowest BCUT2D eigenvalue weighted by molar-refractivity contribution is 0.745. The summed E-state index contributed by atoms with van der Waals surface area (Å²) in [6, 6.07) is 8.06. The molecule has 78 valence electrons. The molecule has 0 saturated carbocycles. The zero-order valence-electron chi connectivity index (χ0n) is 8.96. The van der Waals surface area contributed by atoms with Gasteiger partial charge in [-0.2, -0.15) is 0 Å². The molecule has 0 radical (unpaired) electrons. The third-order valence-electron chi connectivity index (χ3n) is 2.18. The molecule has 0 saturated heterocycles. The summed E-state index contributed by atoms with van der Waals surface area (Å²) in [5.41, 5.74) is 1.16. The molecule has 1 rings (SSSR count). The van der Waals surface area contributed by atoms with Crippen LogP contribution < -0.4 is 4.90 Å². The van der Waals surface area contributed by atoms with E-state index in [-0.39, 0.29) is 0 Å². The number of halogens is 1. The fraction of sp³-hybridized carbons (Fsp3) is 0.500. The first-order valence-corrected chi connectivity index (χ1v) is 5.66. The highest BCUT2D eigenvalue weighted by atomic mass is 35.5. The van der Waals surface area contributed by atoms with Crippen LogP contribution in [0.15, 0.2) is 24.3 Å². The number of rotatable bonds is 5. The fourth-order valence-corrected chi connectivity index (χ4v) is 1.86. The van der Waals surface area contributed by atoms with Gasteiger partial charge in [-0.05, 0) is 25.0 Å². The minimum Gasteiger partial charge on any atom is -0.370 e.